The molecule has 0 atom stereocenters. The Bertz CT molecular complexity index is 603. The first-order valence-electron chi connectivity index (χ1n) is 5.01. The second-order valence-electron chi connectivity index (χ2n) is 3.69. The van der Waals surface area contributed by atoms with Gasteiger partial charge in [0, 0.05) is 10.7 Å². The number of nitrogens with one attached hydrogen (secondary N) is 1. The molecule has 2 nitrogen and oxygen atoms in total. The smallest absolute Gasteiger partial charge is 0.144 e. The van der Waals surface area contributed by atoms with Gasteiger partial charge in [0.1, 0.15) is 5.82 Å². The third-order valence-corrected chi connectivity index (χ3v) is 4.64. The quantitative estimate of drug-likeness (QED) is 0.617. The van der Waals surface area contributed by atoms with Crippen LogP contribution in [0.25, 0.3) is 0 Å². The summed E-state index contributed by atoms with van der Waals surface area (Å²) in [7, 11) is 0. The highest BCUT2D eigenvalue weighted by Crippen LogP contribution is 2.37. The lowest BCUT2D eigenvalue weighted by molar-refractivity contribution is 1.24. The number of rotatable bonds is 2. The molecular formula is C12H8Br2Cl2N2. The fourth-order valence-corrected chi connectivity index (χ4v) is 2.76. The topological polar surface area (TPSA) is 24.9 Å². The van der Waals surface area contributed by atoms with Crippen molar-refractivity contribution in [3.05, 3.63) is 49.0 Å². The molecule has 0 bridgehead atoms. The van der Waals surface area contributed by atoms with E-state index in [1.165, 1.54) is 0 Å². The molecule has 94 valence electrons. The van der Waals surface area contributed by atoms with E-state index in [0.717, 1.165) is 14.5 Å². The second-order valence-corrected chi connectivity index (χ2v) is 6.16. The molecule has 0 saturated carbocycles. The van der Waals surface area contributed by atoms with Crippen molar-refractivity contribution in [2.75, 3.05) is 5.32 Å². The number of nitrogens with zero attached hydrogens (tertiary/aromatic N) is 1. The highest BCUT2D eigenvalue weighted by Gasteiger charge is 2.10. The number of anilines is 2. The van der Waals surface area contributed by atoms with E-state index < -0.39 is 0 Å². The molecule has 1 aromatic heterocycles. The van der Waals surface area contributed by atoms with Gasteiger partial charge in [-0.25, -0.2) is 4.98 Å². The second kappa shape index (κ2) is 5.78. The zero-order chi connectivity index (χ0) is 13.3. The van der Waals surface area contributed by atoms with Gasteiger partial charge >= 0.3 is 0 Å². The third-order valence-electron chi connectivity index (χ3n) is 2.27. The molecule has 0 radical (unpaired) electrons. The summed E-state index contributed by atoms with van der Waals surface area (Å²) in [6.07, 6.45) is 1.78. The molecule has 0 spiro atoms. The summed E-state index contributed by atoms with van der Waals surface area (Å²) < 4.78 is 1.63. The Kier molecular flexibility index (Phi) is 4.54. The molecule has 0 saturated heterocycles. The molecule has 0 fully saturated rings. The predicted octanol–water partition coefficient (Wildman–Crippen LogP) is 5.97. The van der Waals surface area contributed by atoms with Gasteiger partial charge in [-0.1, -0.05) is 23.2 Å². The Balaban J connectivity index is 2.37. The van der Waals surface area contributed by atoms with Crippen LogP contribution in [0.2, 0.25) is 10.0 Å². The first kappa shape index (κ1) is 14.1. The molecule has 0 unspecified atom stereocenters. The van der Waals surface area contributed by atoms with E-state index in [1.54, 1.807) is 6.20 Å². The number of benzene rings is 1. The molecule has 1 heterocycles. The Labute approximate surface area is 132 Å². The zero-order valence-corrected chi connectivity index (χ0v) is 14.0. The van der Waals surface area contributed by atoms with E-state index in [4.69, 9.17) is 23.2 Å². The van der Waals surface area contributed by atoms with E-state index in [-0.39, 0.29) is 0 Å². The average molecular weight is 411 g/mol. The first-order chi connectivity index (χ1) is 8.49. The Hall–Kier alpha value is -0.290. The van der Waals surface area contributed by atoms with Crippen molar-refractivity contribution in [1.29, 1.82) is 0 Å². The number of hydrogen-bond donors (Lipinski definition) is 1. The largest absolute Gasteiger partial charge is 0.338 e. The monoisotopic (exact) mass is 408 g/mol. The summed E-state index contributed by atoms with van der Waals surface area (Å²) in [5.74, 6) is 0.695. The molecule has 0 aliphatic heterocycles. The lowest BCUT2D eigenvalue weighted by Crippen LogP contribution is -1.96. The number of pyridine rings is 1. The number of aromatic nitrogens is 1. The molecule has 1 N–H and O–H groups in total. The van der Waals surface area contributed by atoms with Crippen molar-refractivity contribution >= 4 is 66.6 Å². The van der Waals surface area contributed by atoms with Crippen LogP contribution in [-0.4, -0.2) is 4.98 Å². The van der Waals surface area contributed by atoms with Gasteiger partial charge in [-0.15, -0.1) is 0 Å². The van der Waals surface area contributed by atoms with Crippen LogP contribution in [0.1, 0.15) is 5.56 Å². The summed E-state index contributed by atoms with van der Waals surface area (Å²) in [4.78, 5) is 4.29. The maximum absolute atomic E-state index is 6.16. The lowest BCUT2D eigenvalue weighted by atomic mass is 10.3. The fraction of sp³-hybridized carbons (Fsp3) is 0.0833. The van der Waals surface area contributed by atoms with Crippen LogP contribution in [0, 0.1) is 6.92 Å². The van der Waals surface area contributed by atoms with Crippen LogP contribution in [0.3, 0.4) is 0 Å². The summed E-state index contributed by atoms with van der Waals surface area (Å²) in [6, 6.07) is 5.65. The van der Waals surface area contributed by atoms with Crippen molar-refractivity contribution < 1.29 is 0 Å². The van der Waals surface area contributed by atoms with E-state index in [9.17, 15) is 0 Å². The van der Waals surface area contributed by atoms with Crippen LogP contribution in [0.4, 0.5) is 11.5 Å². The van der Waals surface area contributed by atoms with E-state index in [2.05, 4.69) is 42.2 Å². The SMILES string of the molecule is Cc1cnc(Nc2ccc(Br)c(Cl)c2Cl)c(Br)c1. The van der Waals surface area contributed by atoms with E-state index in [1.807, 2.05) is 25.1 Å². The Morgan fingerprint density at radius 1 is 1.11 bits per heavy atom. The molecule has 1 aromatic carbocycles. The summed E-state index contributed by atoms with van der Waals surface area (Å²) >= 11 is 19.0. The minimum atomic E-state index is 0.459. The minimum absolute atomic E-state index is 0.459. The van der Waals surface area contributed by atoms with Crippen molar-refractivity contribution in [2.24, 2.45) is 0 Å². The number of halogens is 4. The van der Waals surface area contributed by atoms with Crippen LogP contribution in [-0.2, 0) is 0 Å². The molecule has 0 amide bonds. The molecular weight excluding hydrogens is 403 g/mol. The van der Waals surface area contributed by atoms with Gasteiger partial charge in [-0.05, 0) is 62.5 Å². The summed E-state index contributed by atoms with van der Waals surface area (Å²) in [5.41, 5.74) is 1.79. The van der Waals surface area contributed by atoms with Crippen LogP contribution in [0.5, 0.6) is 0 Å². The molecule has 18 heavy (non-hydrogen) atoms. The van der Waals surface area contributed by atoms with Gasteiger partial charge in [0.15, 0.2) is 0 Å². The van der Waals surface area contributed by atoms with Crippen molar-refractivity contribution in [3.8, 4) is 0 Å². The van der Waals surface area contributed by atoms with Crippen LogP contribution < -0.4 is 5.32 Å². The standard InChI is InChI=1S/C12H8Br2Cl2N2/c1-6-4-8(14)12(17-5-6)18-9-3-2-7(13)10(15)11(9)16/h2-5H,1H3,(H,17,18). The maximum atomic E-state index is 6.16. The van der Waals surface area contributed by atoms with Crippen molar-refractivity contribution in [1.82, 2.24) is 4.98 Å². The fourth-order valence-electron chi connectivity index (χ4n) is 1.38. The van der Waals surface area contributed by atoms with Crippen LogP contribution in [0.15, 0.2) is 33.3 Å². The van der Waals surface area contributed by atoms with Gasteiger partial charge in [-0.3, -0.25) is 0 Å². The predicted molar refractivity (Wildman–Crippen MR) is 84.1 cm³/mol. The third kappa shape index (κ3) is 2.99. The first-order valence-corrected chi connectivity index (χ1v) is 7.36. The Morgan fingerprint density at radius 3 is 2.50 bits per heavy atom. The highest BCUT2D eigenvalue weighted by atomic mass is 79.9. The van der Waals surface area contributed by atoms with Crippen molar-refractivity contribution in [3.63, 3.8) is 0 Å². The maximum Gasteiger partial charge on any atom is 0.144 e. The molecule has 0 aliphatic rings. The van der Waals surface area contributed by atoms with Gasteiger partial charge in [0.2, 0.25) is 0 Å². The van der Waals surface area contributed by atoms with E-state index >= 15 is 0 Å². The lowest BCUT2D eigenvalue weighted by Gasteiger charge is -2.11. The van der Waals surface area contributed by atoms with Gasteiger partial charge in [0.25, 0.3) is 0 Å². The summed E-state index contributed by atoms with van der Waals surface area (Å²) in [6.45, 7) is 1.98. The molecule has 2 aromatic rings. The summed E-state index contributed by atoms with van der Waals surface area (Å²) in [5, 5.41) is 4.08. The van der Waals surface area contributed by atoms with Crippen LogP contribution >= 0.6 is 55.1 Å². The minimum Gasteiger partial charge on any atom is -0.338 e. The number of aryl methyl sites for hydroxylation is 1. The highest BCUT2D eigenvalue weighted by molar-refractivity contribution is 9.11. The van der Waals surface area contributed by atoms with Gasteiger partial charge in [0.05, 0.1) is 20.2 Å². The normalized spacial score (nSPS) is 10.5. The molecule has 2 rings (SSSR count). The van der Waals surface area contributed by atoms with E-state index in [0.29, 0.717) is 21.6 Å². The number of hydrogen-bond acceptors (Lipinski definition) is 2. The van der Waals surface area contributed by atoms with Crippen molar-refractivity contribution in [2.45, 2.75) is 6.92 Å². The Morgan fingerprint density at radius 2 is 1.83 bits per heavy atom. The zero-order valence-electron chi connectivity index (χ0n) is 9.27. The van der Waals surface area contributed by atoms with Gasteiger partial charge < -0.3 is 5.32 Å². The average Bonchev–Trinajstić information content (AvgIpc) is 2.33. The molecule has 0 aliphatic carbocycles. The molecule has 6 heteroatoms. The van der Waals surface area contributed by atoms with Gasteiger partial charge in [-0.2, -0.15) is 0 Å².